The number of hydrogen-bond acceptors (Lipinski definition) is 2. The normalized spacial score (nSPS) is 14.6. The number of anilines is 1. The summed E-state index contributed by atoms with van der Waals surface area (Å²) in [5, 5.41) is 5.56. The Morgan fingerprint density at radius 3 is 2.39 bits per heavy atom. The summed E-state index contributed by atoms with van der Waals surface area (Å²) in [4.78, 5) is 26.0. The lowest BCUT2D eigenvalue weighted by Crippen LogP contribution is -2.41. The molecular formula is C21H23F2N3O2. The molecule has 1 aliphatic heterocycles. The van der Waals surface area contributed by atoms with Crippen molar-refractivity contribution in [3.63, 3.8) is 0 Å². The Morgan fingerprint density at radius 1 is 1.00 bits per heavy atom. The van der Waals surface area contributed by atoms with Crippen LogP contribution < -0.4 is 10.6 Å². The van der Waals surface area contributed by atoms with Crippen molar-refractivity contribution in [3.05, 3.63) is 65.7 Å². The average molecular weight is 387 g/mol. The quantitative estimate of drug-likeness (QED) is 0.814. The van der Waals surface area contributed by atoms with Gasteiger partial charge in [-0.2, -0.15) is 0 Å². The molecule has 0 spiro atoms. The molecule has 2 aromatic rings. The monoisotopic (exact) mass is 387 g/mol. The van der Waals surface area contributed by atoms with E-state index < -0.39 is 0 Å². The summed E-state index contributed by atoms with van der Waals surface area (Å²) < 4.78 is 26.1. The van der Waals surface area contributed by atoms with Crippen LogP contribution in [0.5, 0.6) is 0 Å². The first-order valence-electron chi connectivity index (χ1n) is 9.36. The molecule has 1 heterocycles. The Bertz CT molecular complexity index is 819. The van der Waals surface area contributed by atoms with E-state index in [1.807, 2.05) is 0 Å². The van der Waals surface area contributed by atoms with Crippen molar-refractivity contribution in [2.45, 2.75) is 19.3 Å². The molecule has 3 rings (SSSR count). The molecule has 5 nitrogen and oxygen atoms in total. The smallest absolute Gasteiger partial charge is 0.321 e. The summed E-state index contributed by atoms with van der Waals surface area (Å²) in [7, 11) is 0. The zero-order valence-electron chi connectivity index (χ0n) is 15.5. The van der Waals surface area contributed by atoms with Crippen LogP contribution in [0.2, 0.25) is 0 Å². The number of halogens is 2. The van der Waals surface area contributed by atoms with Crippen molar-refractivity contribution in [3.8, 4) is 0 Å². The van der Waals surface area contributed by atoms with Gasteiger partial charge in [0.15, 0.2) is 0 Å². The van der Waals surface area contributed by atoms with Crippen molar-refractivity contribution in [2.24, 2.45) is 5.92 Å². The SMILES string of the molecule is O=C(NCCC1CCN(C(=O)Nc2cccc(F)c2)CC1)c1ccc(F)cc1. The van der Waals surface area contributed by atoms with Crippen molar-refractivity contribution < 1.29 is 18.4 Å². The lowest BCUT2D eigenvalue weighted by atomic mass is 9.93. The number of benzene rings is 2. The lowest BCUT2D eigenvalue weighted by Gasteiger charge is -2.32. The van der Waals surface area contributed by atoms with Gasteiger partial charge in [0.25, 0.3) is 5.91 Å². The number of rotatable bonds is 5. The number of likely N-dealkylation sites (tertiary alicyclic amines) is 1. The third-order valence-electron chi connectivity index (χ3n) is 4.92. The summed E-state index contributed by atoms with van der Waals surface area (Å²) in [6.45, 7) is 1.78. The number of carbonyl (C=O) groups excluding carboxylic acids is 2. The fraction of sp³-hybridized carbons (Fsp3) is 0.333. The zero-order valence-corrected chi connectivity index (χ0v) is 15.5. The number of piperidine rings is 1. The van der Waals surface area contributed by atoms with E-state index in [1.54, 1.807) is 17.0 Å². The number of carbonyl (C=O) groups is 2. The van der Waals surface area contributed by atoms with Crippen LogP contribution in [0.15, 0.2) is 48.5 Å². The van der Waals surface area contributed by atoms with E-state index in [1.165, 1.54) is 36.4 Å². The van der Waals surface area contributed by atoms with Gasteiger partial charge in [-0.1, -0.05) is 6.07 Å². The first kappa shape index (κ1) is 19.8. The van der Waals surface area contributed by atoms with Gasteiger partial charge in [0.05, 0.1) is 0 Å². The van der Waals surface area contributed by atoms with E-state index >= 15 is 0 Å². The third-order valence-corrected chi connectivity index (χ3v) is 4.92. The molecule has 0 aliphatic carbocycles. The van der Waals surface area contributed by atoms with Crippen LogP contribution in [0.1, 0.15) is 29.6 Å². The Hall–Kier alpha value is -2.96. The fourth-order valence-electron chi connectivity index (χ4n) is 3.29. The van der Waals surface area contributed by atoms with Crippen LogP contribution in [0.4, 0.5) is 19.3 Å². The highest BCUT2D eigenvalue weighted by molar-refractivity contribution is 5.94. The maximum atomic E-state index is 13.2. The second-order valence-corrected chi connectivity index (χ2v) is 6.92. The summed E-state index contributed by atoms with van der Waals surface area (Å²) >= 11 is 0. The Morgan fingerprint density at radius 2 is 1.71 bits per heavy atom. The summed E-state index contributed by atoms with van der Waals surface area (Å²) in [5.74, 6) is -0.553. The topological polar surface area (TPSA) is 61.4 Å². The Kier molecular flexibility index (Phi) is 6.57. The van der Waals surface area contributed by atoms with Gasteiger partial charge in [-0.05, 0) is 67.6 Å². The van der Waals surface area contributed by atoms with Gasteiger partial charge in [-0.3, -0.25) is 4.79 Å². The fourth-order valence-corrected chi connectivity index (χ4v) is 3.29. The molecule has 3 amide bonds. The van der Waals surface area contributed by atoms with Crippen LogP contribution in [0.3, 0.4) is 0 Å². The predicted molar refractivity (Wildman–Crippen MR) is 103 cm³/mol. The van der Waals surface area contributed by atoms with Gasteiger partial charge in [-0.25, -0.2) is 13.6 Å². The van der Waals surface area contributed by atoms with Crippen LogP contribution in [-0.2, 0) is 0 Å². The van der Waals surface area contributed by atoms with E-state index in [4.69, 9.17) is 0 Å². The number of amides is 3. The molecule has 1 fully saturated rings. The maximum absolute atomic E-state index is 13.2. The molecule has 148 valence electrons. The molecule has 0 radical (unpaired) electrons. The van der Waals surface area contributed by atoms with Gasteiger partial charge in [0.1, 0.15) is 11.6 Å². The maximum Gasteiger partial charge on any atom is 0.321 e. The number of hydrogen-bond donors (Lipinski definition) is 2. The highest BCUT2D eigenvalue weighted by atomic mass is 19.1. The second-order valence-electron chi connectivity index (χ2n) is 6.92. The van der Waals surface area contributed by atoms with Crippen molar-refractivity contribution in [1.29, 1.82) is 0 Å². The van der Waals surface area contributed by atoms with E-state index in [0.717, 1.165) is 19.3 Å². The lowest BCUT2D eigenvalue weighted by molar-refractivity contribution is 0.0949. The van der Waals surface area contributed by atoms with E-state index in [0.29, 0.717) is 36.8 Å². The Balaban J connectivity index is 1.37. The number of urea groups is 1. The highest BCUT2D eigenvalue weighted by Crippen LogP contribution is 2.21. The number of nitrogens with one attached hydrogen (secondary N) is 2. The minimum atomic E-state index is -0.390. The van der Waals surface area contributed by atoms with Crippen LogP contribution in [0, 0.1) is 17.6 Å². The number of nitrogens with zero attached hydrogens (tertiary/aromatic N) is 1. The predicted octanol–water partition coefficient (Wildman–Crippen LogP) is 4.03. The average Bonchev–Trinajstić information content (AvgIpc) is 2.69. The van der Waals surface area contributed by atoms with Crippen molar-refractivity contribution in [1.82, 2.24) is 10.2 Å². The molecular weight excluding hydrogens is 364 g/mol. The van der Waals surface area contributed by atoms with E-state index in [9.17, 15) is 18.4 Å². The molecule has 1 aliphatic rings. The van der Waals surface area contributed by atoms with E-state index in [-0.39, 0.29) is 23.6 Å². The summed E-state index contributed by atoms with van der Waals surface area (Å²) in [6.07, 6.45) is 2.53. The van der Waals surface area contributed by atoms with Gasteiger partial charge in [-0.15, -0.1) is 0 Å². The molecule has 28 heavy (non-hydrogen) atoms. The minimum Gasteiger partial charge on any atom is -0.352 e. The molecule has 0 atom stereocenters. The summed E-state index contributed by atoms with van der Waals surface area (Å²) in [5.41, 5.74) is 0.876. The van der Waals surface area contributed by atoms with Crippen molar-refractivity contribution in [2.75, 3.05) is 25.0 Å². The van der Waals surface area contributed by atoms with Crippen LogP contribution in [0.25, 0.3) is 0 Å². The summed E-state index contributed by atoms with van der Waals surface area (Å²) in [6, 6.07) is 11.0. The Labute approximate surface area is 162 Å². The van der Waals surface area contributed by atoms with Gasteiger partial charge in [0.2, 0.25) is 0 Å². The molecule has 2 aromatic carbocycles. The molecule has 7 heteroatoms. The molecule has 0 unspecified atom stereocenters. The molecule has 0 aromatic heterocycles. The standard InChI is InChI=1S/C21H23F2N3O2/c22-17-6-4-16(5-7-17)20(27)24-11-8-15-9-12-26(13-10-15)21(28)25-19-3-1-2-18(23)14-19/h1-7,14-15H,8-13H2,(H,24,27)(H,25,28). The first-order valence-corrected chi connectivity index (χ1v) is 9.36. The van der Waals surface area contributed by atoms with E-state index in [2.05, 4.69) is 10.6 Å². The van der Waals surface area contributed by atoms with Gasteiger partial charge >= 0.3 is 6.03 Å². The molecule has 1 saturated heterocycles. The zero-order chi connectivity index (χ0) is 19.9. The largest absolute Gasteiger partial charge is 0.352 e. The van der Waals surface area contributed by atoms with Crippen LogP contribution in [-0.4, -0.2) is 36.5 Å². The van der Waals surface area contributed by atoms with Gasteiger partial charge < -0.3 is 15.5 Å². The molecule has 0 saturated carbocycles. The van der Waals surface area contributed by atoms with Crippen molar-refractivity contribution >= 4 is 17.6 Å². The first-order chi connectivity index (χ1) is 13.5. The molecule has 0 bridgehead atoms. The second kappa shape index (κ2) is 9.30. The highest BCUT2D eigenvalue weighted by Gasteiger charge is 2.22. The van der Waals surface area contributed by atoms with Crippen LogP contribution >= 0.6 is 0 Å². The van der Waals surface area contributed by atoms with Gasteiger partial charge in [0, 0.05) is 30.9 Å². The minimum absolute atomic E-state index is 0.216. The third kappa shape index (κ3) is 5.52. The molecule has 2 N–H and O–H groups in total.